The van der Waals surface area contributed by atoms with Crippen LogP contribution in [0.2, 0.25) is 0 Å². The van der Waals surface area contributed by atoms with Crippen LogP contribution in [0.1, 0.15) is 57.9 Å². The predicted molar refractivity (Wildman–Crippen MR) is 130 cm³/mol. The van der Waals surface area contributed by atoms with Crippen molar-refractivity contribution in [2.45, 2.75) is 64.0 Å². The Morgan fingerprint density at radius 2 is 1.65 bits per heavy atom. The number of benzene rings is 2. The zero-order valence-corrected chi connectivity index (χ0v) is 20.0. The van der Waals surface area contributed by atoms with E-state index in [1.165, 1.54) is 38.5 Å². The van der Waals surface area contributed by atoms with E-state index < -0.39 is 11.6 Å². The molecule has 6 heteroatoms. The molecule has 6 nitrogen and oxygen atoms in total. The van der Waals surface area contributed by atoms with E-state index in [1.807, 2.05) is 42.5 Å². The Morgan fingerprint density at radius 3 is 2.29 bits per heavy atom. The van der Waals surface area contributed by atoms with Gasteiger partial charge in [0, 0.05) is 6.04 Å². The van der Waals surface area contributed by atoms with Gasteiger partial charge in [0.25, 0.3) is 5.91 Å². The first-order valence-corrected chi connectivity index (χ1v) is 12.7. The van der Waals surface area contributed by atoms with Crippen molar-refractivity contribution >= 4 is 28.6 Å². The quantitative estimate of drug-likeness (QED) is 0.654. The highest BCUT2D eigenvalue weighted by Crippen LogP contribution is 2.61. The molecule has 0 spiro atoms. The van der Waals surface area contributed by atoms with Crippen LogP contribution in [0, 0.1) is 23.2 Å². The van der Waals surface area contributed by atoms with Crippen molar-refractivity contribution in [1.82, 2.24) is 15.5 Å². The monoisotopic (exact) mass is 459 g/mol. The number of rotatable bonds is 5. The molecule has 4 aliphatic carbocycles. The van der Waals surface area contributed by atoms with E-state index in [0.29, 0.717) is 0 Å². The summed E-state index contributed by atoms with van der Waals surface area (Å²) in [4.78, 5) is 40.3. The Bertz CT molecular complexity index is 1160. The van der Waals surface area contributed by atoms with Crippen LogP contribution in [0.25, 0.3) is 10.8 Å². The van der Waals surface area contributed by atoms with Crippen LogP contribution >= 0.6 is 0 Å². The molecule has 4 bridgehead atoms. The molecule has 0 radical (unpaired) electrons. The van der Waals surface area contributed by atoms with Gasteiger partial charge in [-0.3, -0.25) is 14.5 Å². The third-order valence-electron chi connectivity index (χ3n) is 9.29. The number of imide groups is 1. The third-order valence-corrected chi connectivity index (χ3v) is 9.29. The van der Waals surface area contributed by atoms with Gasteiger partial charge < -0.3 is 10.6 Å². The van der Waals surface area contributed by atoms with Crippen molar-refractivity contribution in [3.63, 3.8) is 0 Å². The summed E-state index contributed by atoms with van der Waals surface area (Å²) in [5, 5.41) is 8.09. The fourth-order valence-corrected chi connectivity index (χ4v) is 7.83. The number of urea groups is 1. The van der Waals surface area contributed by atoms with Crippen molar-refractivity contribution in [2.75, 3.05) is 6.54 Å². The van der Waals surface area contributed by atoms with Crippen molar-refractivity contribution < 1.29 is 14.4 Å². The predicted octanol–water partition coefficient (Wildman–Crippen LogP) is 4.33. The lowest BCUT2D eigenvalue weighted by Gasteiger charge is -2.59. The fourth-order valence-electron chi connectivity index (χ4n) is 7.83. The molecule has 4 saturated carbocycles. The van der Waals surface area contributed by atoms with Gasteiger partial charge in [0.15, 0.2) is 0 Å². The van der Waals surface area contributed by atoms with Crippen molar-refractivity contribution in [2.24, 2.45) is 23.2 Å². The van der Waals surface area contributed by atoms with Crippen LogP contribution in [-0.4, -0.2) is 35.3 Å². The van der Waals surface area contributed by atoms with Gasteiger partial charge in [-0.1, -0.05) is 36.4 Å². The van der Waals surface area contributed by atoms with E-state index in [-0.39, 0.29) is 29.8 Å². The van der Waals surface area contributed by atoms with Gasteiger partial charge in [-0.05, 0) is 97.9 Å². The standard InChI is InChI=1S/C28H33N3O3/c1-17(28-13-18-9-19(14-28)11-20(10-18)15-28)29-24(32)16-31-25(33)27(2,30-26(31)34)23-8-7-21-5-3-4-6-22(21)12-23/h3-8,12,17-20H,9-11,13-16H2,1-2H3,(H,29,32)(H,30,34). The van der Waals surface area contributed by atoms with Crippen molar-refractivity contribution in [1.29, 1.82) is 0 Å². The zero-order valence-electron chi connectivity index (χ0n) is 20.0. The summed E-state index contributed by atoms with van der Waals surface area (Å²) in [7, 11) is 0. The minimum absolute atomic E-state index is 0.0565. The number of nitrogens with one attached hydrogen (secondary N) is 2. The van der Waals surface area contributed by atoms with Gasteiger partial charge in [-0.15, -0.1) is 0 Å². The minimum atomic E-state index is -1.19. The summed E-state index contributed by atoms with van der Waals surface area (Å²) >= 11 is 0. The number of nitrogens with zero attached hydrogens (tertiary/aromatic N) is 1. The molecule has 1 aliphatic heterocycles. The Kier molecular flexibility index (Phi) is 4.81. The Balaban J connectivity index is 1.16. The highest BCUT2D eigenvalue weighted by molar-refractivity contribution is 6.09. The van der Waals surface area contributed by atoms with E-state index in [4.69, 9.17) is 0 Å². The second kappa shape index (κ2) is 7.56. The van der Waals surface area contributed by atoms with E-state index in [2.05, 4.69) is 17.6 Å². The van der Waals surface area contributed by atoms with E-state index in [0.717, 1.165) is 39.0 Å². The van der Waals surface area contributed by atoms with Crippen LogP contribution in [0.15, 0.2) is 42.5 Å². The zero-order chi connectivity index (χ0) is 23.7. The lowest BCUT2D eigenvalue weighted by molar-refractivity contribution is -0.136. The smallest absolute Gasteiger partial charge is 0.325 e. The maximum atomic E-state index is 13.4. The SMILES string of the molecule is CC(NC(=O)CN1C(=O)NC(C)(c2ccc3ccccc3c2)C1=O)C12CC3CC(CC(C3)C1)C2. The van der Waals surface area contributed by atoms with Crippen molar-refractivity contribution in [3.05, 3.63) is 48.0 Å². The summed E-state index contributed by atoms with van der Waals surface area (Å²) < 4.78 is 0. The largest absolute Gasteiger partial charge is 0.352 e. The number of hydrogen-bond acceptors (Lipinski definition) is 3. The first-order valence-electron chi connectivity index (χ1n) is 12.7. The summed E-state index contributed by atoms with van der Waals surface area (Å²) in [6.45, 7) is 3.59. The number of carbonyl (C=O) groups is 3. The van der Waals surface area contributed by atoms with Crippen molar-refractivity contribution in [3.8, 4) is 0 Å². The summed E-state index contributed by atoms with van der Waals surface area (Å²) in [6.07, 6.45) is 7.66. The second-order valence-corrected chi connectivity index (χ2v) is 11.6. The lowest BCUT2D eigenvalue weighted by atomic mass is 9.48. The molecule has 178 valence electrons. The summed E-state index contributed by atoms with van der Waals surface area (Å²) in [5.41, 5.74) is -0.289. The molecule has 2 atom stereocenters. The maximum Gasteiger partial charge on any atom is 0.325 e. The molecule has 7 rings (SSSR count). The average molecular weight is 460 g/mol. The summed E-state index contributed by atoms with van der Waals surface area (Å²) in [5.74, 6) is 1.78. The highest BCUT2D eigenvalue weighted by atomic mass is 16.2. The highest BCUT2D eigenvalue weighted by Gasteiger charge is 2.54. The molecule has 5 aliphatic rings. The van der Waals surface area contributed by atoms with E-state index in [1.54, 1.807) is 6.92 Å². The lowest BCUT2D eigenvalue weighted by Crippen LogP contribution is -2.57. The molecule has 0 aromatic heterocycles. The first-order chi connectivity index (χ1) is 16.3. The molecular weight excluding hydrogens is 426 g/mol. The maximum absolute atomic E-state index is 13.4. The summed E-state index contributed by atoms with van der Waals surface area (Å²) in [6, 6.07) is 13.2. The molecular formula is C28H33N3O3. The van der Waals surface area contributed by atoms with Gasteiger partial charge in [0.05, 0.1) is 0 Å². The molecule has 2 aromatic carbocycles. The molecule has 5 fully saturated rings. The van der Waals surface area contributed by atoms with Gasteiger partial charge in [-0.25, -0.2) is 4.79 Å². The minimum Gasteiger partial charge on any atom is -0.352 e. The fraction of sp³-hybridized carbons (Fsp3) is 0.536. The van der Waals surface area contributed by atoms with Crippen LogP contribution < -0.4 is 10.6 Å². The Morgan fingerprint density at radius 1 is 1.03 bits per heavy atom. The number of fused-ring (bicyclic) bond motifs is 1. The normalized spacial score (nSPS) is 35.0. The Labute approximate surface area is 200 Å². The van der Waals surface area contributed by atoms with E-state index >= 15 is 0 Å². The molecule has 2 N–H and O–H groups in total. The Hall–Kier alpha value is -2.89. The molecule has 1 saturated heterocycles. The third kappa shape index (κ3) is 3.33. The van der Waals surface area contributed by atoms with E-state index in [9.17, 15) is 14.4 Å². The molecule has 2 aromatic rings. The first kappa shape index (κ1) is 21.6. The number of carbonyl (C=O) groups excluding carboxylic acids is 3. The van der Waals surface area contributed by atoms with Gasteiger partial charge in [0.1, 0.15) is 12.1 Å². The molecule has 34 heavy (non-hydrogen) atoms. The molecule has 1 heterocycles. The van der Waals surface area contributed by atoms with Crippen LogP contribution in [0.5, 0.6) is 0 Å². The number of amides is 4. The molecule has 2 unspecified atom stereocenters. The van der Waals surface area contributed by atoms with Crippen LogP contribution in [0.3, 0.4) is 0 Å². The van der Waals surface area contributed by atoms with Gasteiger partial charge in [-0.2, -0.15) is 0 Å². The van der Waals surface area contributed by atoms with Crippen LogP contribution in [0.4, 0.5) is 4.79 Å². The second-order valence-electron chi connectivity index (χ2n) is 11.6. The molecule has 4 amide bonds. The number of hydrogen-bond donors (Lipinski definition) is 2. The van der Waals surface area contributed by atoms with Gasteiger partial charge >= 0.3 is 6.03 Å². The average Bonchev–Trinajstić information content (AvgIpc) is 3.01. The van der Waals surface area contributed by atoms with Crippen LogP contribution in [-0.2, 0) is 15.1 Å². The van der Waals surface area contributed by atoms with Gasteiger partial charge in [0.2, 0.25) is 5.91 Å². The topological polar surface area (TPSA) is 78.5 Å².